The maximum absolute atomic E-state index is 12.9. The van der Waals surface area contributed by atoms with Gasteiger partial charge in [0.25, 0.3) is 0 Å². The van der Waals surface area contributed by atoms with Gasteiger partial charge in [-0.1, -0.05) is 227 Å². The molecule has 68 heavy (non-hydrogen) atoms. The first kappa shape index (κ1) is 64.8. The summed E-state index contributed by atoms with van der Waals surface area (Å²) in [6.45, 7) is 7.64. The lowest BCUT2D eigenvalue weighted by Crippen LogP contribution is -2.30. The van der Waals surface area contributed by atoms with E-state index in [1.165, 1.54) is 122 Å². The number of ether oxygens (including phenoxy) is 3. The van der Waals surface area contributed by atoms with Crippen molar-refractivity contribution in [2.45, 2.75) is 271 Å². The Morgan fingerprint density at radius 2 is 0.662 bits per heavy atom. The summed E-state index contributed by atoms with van der Waals surface area (Å²) < 4.78 is 17.4. The zero-order chi connectivity index (χ0) is 49.2. The van der Waals surface area contributed by atoms with Crippen molar-refractivity contribution in [1.82, 2.24) is 0 Å². The summed E-state index contributed by atoms with van der Waals surface area (Å²) in [6.07, 6.45) is 78.5. The Hall–Kier alpha value is -3.18. The van der Waals surface area contributed by atoms with Gasteiger partial charge in [0.05, 0.1) is 6.61 Å². The molecule has 0 aliphatic carbocycles. The Kier molecular flexibility index (Phi) is 55.4. The molecule has 0 aromatic carbocycles. The molecule has 0 aromatic rings. The van der Waals surface area contributed by atoms with E-state index in [1.54, 1.807) is 0 Å². The van der Waals surface area contributed by atoms with Crippen LogP contribution in [0.1, 0.15) is 265 Å². The van der Waals surface area contributed by atoms with Crippen molar-refractivity contribution in [2.24, 2.45) is 0 Å². The van der Waals surface area contributed by atoms with E-state index in [9.17, 15) is 9.59 Å². The van der Waals surface area contributed by atoms with E-state index in [0.29, 0.717) is 19.4 Å². The summed E-state index contributed by atoms with van der Waals surface area (Å²) in [5.74, 6) is -0.440. The summed E-state index contributed by atoms with van der Waals surface area (Å²) in [5, 5.41) is 0. The van der Waals surface area contributed by atoms with Crippen molar-refractivity contribution >= 4 is 11.9 Å². The predicted octanol–water partition coefficient (Wildman–Crippen LogP) is 19.8. The van der Waals surface area contributed by atoms with Crippen molar-refractivity contribution in [2.75, 3.05) is 19.8 Å². The topological polar surface area (TPSA) is 61.8 Å². The van der Waals surface area contributed by atoms with E-state index < -0.39 is 6.10 Å². The summed E-state index contributed by atoms with van der Waals surface area (Å²) in [4.78, 5) is 25.5. The molecule has 0 aliphatic rings. The van der Waals surface area contributed by atoms with Crippen LogP contribution in [-0.4, -0.2) is 37.9 Å². The third-order valence-electron chi connectivity index (χ3n) is 12.1. The van der Waals surface area contributed by atoms with Crippen LogP contribution in [-0.2, 0) is 23.8 Å². The largest absolute Gasteiger partial charge is 0.462 e. The van der Waals surface area contributed by atoms with E-state index in [-0.39, 0.29) is 25.2 Å². The fourth-order valence-corrected chi connectivity index (χ4v) is 7.80. The summed E-state index contributed by atoms with van der Waals surface area (Å²) >= 11 is 0. The number of hydrogen-bond acceptors (Lipinski definition) is 5. The second kappa shape index (κ2) is 58.1. The van der Waals surface area contributed by atoms with E-state index in [2.05, 4.69) is 118 Å². The minimum absolute atomic E-state index is 0.0618. The molecule has 0 rings (SSSR count). The Bertz CT molecular complexity index is 1300. The van der Waals surface area contributed by atoms with Crippen LogP contribution in [0.2, 0.25) is 0 Å². The van der Waals surface area contributed by atoms with Gasteiger partial charge in [0.1, 0.15) is 6.61 Å². The molecular weight excluding hydrogens is 837 g/mol. The molecule has 0 saturated heterocycles. The molecule has 0 aromatic heterocycles. The van der Waals surface area contributed by atoms with Gasteiger partial charge in [0, 0.05) is 19.4 Å². The molecule has 5 heteroatoms. The standard InChI is InChI=1S/C63H108O5/c1-4-7-10-13-16-19-22-25-28-31-32-34-35-38-41-44-47-50-53-56-62(64)67-60-61(59-66-58-55-52-49-46-43-40-37-30-27-24-21-18-15-12-9-6-3)68-63(65)57-54-51-48-45-42-39-36-33-29-26-23-20-17-14-11-8-5-2/h8,11,16-17,19-20,25-30,32,34,36,39,61H,4-7,9-10,12-15,18,21-24,31,33,35,37-38,40-60H2,1-3H3/b11-8-,19-16-,20-17-,28-25-,29-26-,30-27-,34-32-,39-36-. The van der Waals surface area contributed by atoms with Gasteiger partial charge in [0.15, 0.2) is 6.10 Å². The highest BCUT2D eigenvalue weighted by Crippen LogP contribution is 2.14. The van der Waals surface area contributed by atoms with Crippen molar-refractivity contribution in [3.63, 3.8) is 0 Å². The first-order chi connectivity index (χ1) is 33.6. The van der Waals surface area contributed by atoms with Crippen LogP contribution in [0.5, 0.6) is 0 Å². The highest BCUT2D eigenvalue weighted by atomic mass is 16.6. The predicted molar refractivity (Wildman–Crippen MR) is 297 cm³/mol. The average Bonchev–Trinajstić information content (AvgIpc) is 3.34. The molecule has 0 fully saturated rings. The van der Waals surface area contributed by atoms with Gasteiger partial charge < -0.3 is 14.2 Å². The van der Waals surface area contributed by atoms with E-state index in [1.807, 2.05) is 0 Å². The summed E-state index contributed by atoms with van der Waals surface area (Å²) in [7, 11) is 0. The zero-order valence-electron chi connectivity index (χ0n) is 44.8. The second-order valence-electron chi connectivity index (χ2n) is 18.8. The fourth-order valence-electron chi connectivity index (χ4n) is 7.80. The van der Waals surface area contributed by atoms with Crippen LogP contribution in [0.15, 0.2) is 97.2 Å². The number of hydrogen-bond donors (Lipinski definition) is 0. The molecule has 5 nitrogen and oxygen atoms in total. The van der Waals surface area contributed by atoms with Crippen molar-refractivity contribution in [3.05, 3.63) is 97.2 Å². The van der Waals surface area contributed by atoms with Crippen LogP contribution >= 0.6 is 0 Å². The van der Waals surface area contributed by atoms with Crippen molar-refractivity contribution < 1.29 is 23.8 Å². The third-order valence-corrected chi connectivity index (χ3v) is 12.1. The summed E-state index contributed by atoms with van der Waals surface area (Å²) in [6, 6.07) is 0. The summed E-state index contributed by atoms with van der Waals surface area (Å²) in [5.41, 5.74) is 0. The molecular formula is C63H108O5. The van der Waals surface area contributed by atoms with Gasteiger partial charge in [-0.2, -0.15) is 0 Å². The monoisotopic (exact) mass is 945 g/mol. The average molecular weight is 946 g/mol. The number of allylic oxidation sites excluding steroid dienone is 16. The first-order valence-electron chi connectivity index (χ1n) is 28.8. The molecule has 0 amide bonds. The van der Waals surface area contributed by atoms with Crippen LogP contribution in [0.4, 0.5) is 0 Å². The van der Waals surface area contributed by atoms with Crippen LogP contribution < -0.4 is 0 Å². The zero-order valence-corrected chi connectivity index (χ0v) is 44.8. The van der Waals surface area contributed by atoms with E-state index >= 15 is 0 Å². The molecule has 0 heterocycles. The van der Waals surface area contributed by atoms with Crippen LogP contribution in [0.25, 0.3) is 0 Å². The highest BCUT2D eigenvalue weighted by molar-refractivity contribution is 5.70. The SMILES string of the molecule is CC/C=C\C/C=C\C/C=C\C/C=C\CCCCCCC(=O)OC(COCCCCCCCC/C=C\CCCCCCCC)COC(=O)CCCCCCCC/C=C\C/C=C\C/C=C\CCCCC. The molecule has 1 atom stereocenters. The Morgan fingerprint density at radius 3 is 1.10 bits per heavy atom. The third kappa shape index (κ3) is 55.4. The lowest BCUT2D eigenvalue weighted by molar-refractivity contribution is -0.163. The smallest absolute Gasteiger partial charge is 0.306 e. The Balaban J connectivity index is 4.36. The van der Waals surface area contributed by atoms with Gasteiger partial charge in [-0.25, -0.2) is 0 Å². The van der Waals surface area contributed by atoms with Crippen molar-refractivity contribution in [1.29, 1.82) is 0 Å². The number of esters is 2. The van der Waals surface area contributed by atoms with Gasteiger partial charge in [-0.15, -0.1) is 0 Å². The Morgan fingerprint density at radius 1 is 0.338 bits per heavy atom. The number of carbonyl (C=O) groups is 2. The lowest BCUT2D eigenvalue weighted by Gasteiger charge is -2.18. The molecule has 0 bridgehead atoms. The Labute approximate surface area is 422 Å². The maximum Gasteiger partial charge on any atom is 0.306 e. The van der Waals surface area contributed by atoms with Gasteiger partial charge in [0.2, 0.25) is 0 Å². The van der Waals surface area contributed by atoms with E-state index in [0.717, 1.165) is 109 Å². The van der Waals surface area contributed by atoms with Crippen LogP contribution in [0.3, 0.4) is 0 Å². The molecule has 390 valence electrons. The first-order valence-corrected chi connectivity index (χ1v) is 28.8. The fraction of sp³-hybridized carbons (Fsp3) is 0.714. The number of rotatable bonds is 52. The maximum atomic E-state index is 12.9. The minimum Gasteiger partial charge on any atom is -0.462 e. The van der Waals surface area contributed by atoms with Gasteiger partial charge in [-0.3, -0.25) is 9.59 Å². The molecule has 0 spiro atoms. The molecule has 0 N–H and O–H groups in total. The van der Waals surface area contributed by atoms with Gasteiger partial charge >= 0.3 is 11.9 Å². The number of unbranched alkanes of at least 4 members (excludes halogenated alkanes) is 25. The normalized spacial score (nSPS) is 12.9. The van der Waals surface area contributed by atoms with E-state index in [4.69, 9.17) is 14.2 Å². The second-order valence-corrected chi connectivity index (χ2v) is 18.8. The molecule has 0 saturated carbocycles. The van der Waals surface area contributed by atoms with Gasteiger partial charge in [-0.05, 0) is 122 Å². The quantitative estimate of drug-likeness (QED) is 0.0345. The number of carbonyl (C=O) groups excluding carboxylic acids is 2. The highest BCUT2D eigenvalue weighted by Gasteiger charge is 2.17. The minimum atomic E-state index is -0.564. The van der Waals surface area contributed by atoms with Crippen LogP contribution in [0, 0.1) is 0 Å². The molecule has 0 aliphatic heterocycles. The van der Waals surface area contributed by atoms with Crippen molar-refractivity contribution in [3.8, 4) is 0 Å². The molecule has 0 radical (unpaired) electrons. The molecule has 1 unspecified atom stereocenters. The lowest BCUT2D eigenvalue weighted by atomic mass is 10.1.